The number of amides is 2. The van der Waals surface area contributed by atoms with Gasteiger partial charge in [0.25, 0.3) is 0 Å². The van der Waals surface area contributed by atoms with Gasteiger partial charge in [-0.3, -0.25) is 14.5 Å². The van der Waals surface area contributed by atoms with Gasteiger partial charge >= 0.3 is 6.03 Å². The van der Waals surface area contributed by atoms with Crippen molar-refractivity contribution >= 4 is 45.4 Å². The molecule has 0 spiro atoms. The zero-order valence-corrected chi connectivity index (χ0v) is 26.8. The highest BCUT2D eigenvalue weighted by Gasteiger charge is 2.22. The Kier molecular flexibility index (Phi) is 11.6. The van der Waals surface area contributed by atoms with Gasteiger partial charge in [-0.25, -0.2) is 23.3 Å². The number of thiazole rings is 1. The zero-order chi connectivity index (χ0) is 32.5. The molecule has 0 aliphatic heterocycles. The van der Waals surface area contributed by atoms with E-state index in [1.54, 1.807) is 59.6 Å². The summed E-state index contributed by atoms with van der Waals surface area (Å²) in [5.74, 6) is -0.937. The summed E-state index contributed by atoms with van der Waals surface area (Å²) in [6.45, 7) is 0.839. The molecule has 0 bridgehead atoms. The molecule has 46 heavy (non-hydrogen) atoms. The molecule has 2 heterocycles. The molecule has 2 amide bonds. The molecule has 5 rings (SSSR count). The fourth-order valence-electron chi connectivity index (χ4n) is 4.94. The molecular formula is C33H29ClF2N5O3S2-. The van der Waals surface area contributed by atoms with E-state index in [4.69, 9.17) is 11.6 Å². The van der Waals surface area contributed by atoms with Crippen LogP contribution in [0.25, 0.3) is 11.3 Å². The van der Waals surface area contributed by atoms with E-state index in [-0.39, 0.29) is 30.1 Å². The third kappa shape index (κ3) is 9.24. The van der Waals surface area contributed by atoms with Crippen molar-refractivity contribution in [1.82, 2.24) is 19.6 Å². The highest BCUT2D eigenvalue weighted by Crippen LogP contribution is 2.36. The Morgan fingerprint density at radius 1 is 0.935 bits per heavy atom. The summed E-state index contributed by atoms with van der Waals surface area (Å²) < 4.78 is 51.8. The quantitative estimate of drug-likeness (QED) is 0.127. The van der Waals surface area contributed by atoms with Crippen molar-refractivity contribution in [2.45, 2.75) is 25.3 Å². The Balaban J connectivity index is 1.34. The number of hydrogen-bond donors (Lipinski definition) is 2. The van der Waals surface area contributed by atoms with Crippen molar-refractivity contribution in [3.8, 4) is 11.3 Å². The number of pyridine rings is 1. The number of aromatic nitrogens is 2. The minimum absolute atomic E-state index is 0.153. The maximum absolute atomic E-state index is 13.8. The molecule has 0 radical (unpaired) electrons. The van der Waals surface area contributed by atoms with E-state index in [1.165, 1.54) is 24.3 Å². The molecule has 1 unspecified atom stereocenters. The fraction of sp³-hybridized carbons (Fsp3) is 0.182. The van der Waals surface area contributed by atoms with Crippen molar-refractivity contribution < 1.29 is 22.3 Å². The average Bonchev–Trinajstić information content (AvgIpc) is 3.43. The Morgan fingerprint density at radius 3 is 2.17 bits per heavy atom. The first kappa shape index (κ1) is 33.3. The van der Waals surface area contributed by atoms with Crippen LogP contribution >= 0.6 is 22.9 Å². The Labute approximate surface area is 276 Å². The van der Waals surface area contributed by atoms with Gasteiger partial charge in [0, 0.05) is 60.7 Å². The van der Waals surface area contributed by atoms with Crippen LogP contribution in [0.4, 0.5) is 18.7 Å². The van der Waals surface area contributed by atoms with E-state index in [0.717, 1.165) is 33.7 Å². The molecule has 13 heteroatoms. The van der Waals surface area contributed by atoms with E-state index in [2.05, 4.69) is 20.0 Å². The van der Waals surface area contributed by atoms with Gasteiger partial charge in [0.15, 0.2) is 5.13 Å². The predicted molar refractivity (Wildman–Crippen MR) is 176 cm³/mol. The lowest BCUT2D eigenvalue weighted by molar-refractivity contribution is 0.210. The first-order chi connectivity index (χ1) is 22.2. The number of carbonyl (C=O) groups is 1. The number of anilines is 1. The Hall–Kier alpha value is -4.07. The second-order valence-corrected chi connectivity index (χ2v) is 12.7. The molecule has 0 fully saturated rings. The molecule has 0 aliphatic carbocycles. The zero-order valence-electron chi connectivity index (χ0n) is 24.4. The number of halogens is 3. The number of rotatable bonds is 13. The van der Waals surface area contributed by atoms with Gasteiger partial charge in [-0.2, -0.15) is 0 Å². The molecule has 2 aromatic heterocycles. The lowest BCUT2D eigenvalue weighted by atomic mass is 9.88. The van der Waals surface area contributed by atoms with E-state index < -0.39 is 11.3 Å². The lowest BCUT2D eigenvalue weighted by Crippen LogP contribution is -2.38. The molecule has 0 aliphatic rings. The second kappa shape index (κ2) is 16.0. The highest BCUT2D eigenvalue weighted by atomic mass is 35.5. The van der Waals surface area contributed by atoms with Gasteiger partial charge in [-0.05, 0) is 59.5 Å². The highest BCUT2D eigenvalue weighted by molar-refractivity contribution is 7.77. The Morgan fingerprint density at radius 2 is 1.59 bits per heavy atom. The monoisotopic (exact) mass is 680 g/mol. The van der Waals surface area contributed by atoms with Crippen LogP contribution in [0.15, 0.2) is 97.2 Å². The summed E-state index contributed by atoms with van der Waals surface area (Å²) in [5, 5.41) is 3.20. The normalized spacial score (nSPS) is 11.8. The van der Waals surface area contributed by atoms with Crippen molar-refractivity contribution in [2.75, 3.05) is 18.4 Å². The van der Waals surface area contributed by atoms with Crippen LogP contribution in [0, 0.1) is 11.6 Å². The number of hydrogen-bond acceptors (Lipinski definition) is 6. The van der Waals surface area contributed by atoms with Crippen LogP contribution in [-0.2, 0) is 24.2 Å². The molecule has 5 aromatic rings. The maximum Gasteiger partial charge on any atom is 0.323 e. The van der Waals surface area contributed by atoms with Gasteiger partial charge < -0.3 is 9.45 Å². The van der Waals surface area contributed by atoms with E-state index >= 15 is 0 Å². The summed E-state index contributed by atoms with van der Waals surface area (Å²) in [5.41, 5.74) is 4.48. The van der Waals surface area contributed by atoms with Gasteiger partial charge in [-0.15, -0.1) is 0 Å². The topological polar surface area (TPSA) is 110 Å². The second-order valence-electron chi connectivity index (χ2n) is 10.3. The van der Waals surface area contributed by atoms with Crippen LogP contribution in [0.1, 0.15) is 34.7 Å². The van der Waals surface area contributed by atoms with Crippen molar-refractivity contribution in [3.63, 3.8) is 0 Å². The molecule has 2 N–H and O–H groups in total. The number of benzene rings is 3. The number of nitrogens with one attached hydrogen (secondary N) is 2. The lowest BCUT2D eigenvalue weighted by Gasteiger charge is -2.26. The molecule has 8 nitrogen and oxygen atoms in total. The van der Waals surface area contributed by atoms with Crippen molar-refractivity contribution in [2.24, 2.45) is 0 Å². The van der Waals surface area contributed by atoms with Gasteiger partial charge in [-0.1, -0.05) is 77.5 Å². The van der Waals surface area contributed by atoms with Gasteiger partial charge in [0.1, 0.15) is 21.7 Å². The van der Waals surface area contributed by atoms with E-state index in [0.29, 0.717) is 46.7 Å². The average molecular weight is 681 g/mol. The molecule has 238 valence electrons. The summed E-state index contributed by atoms with van der Waals surface area (Å²) in [6, 6.07) is 24.7. The smallest absolute Gasteiger partial charge is 0.323 e. The number of urea groups is 1. The van der Waals surface area contributed by atoms with E-state index in [1.807, 2.05) is 18.2 Å². The number of carbonyl (C=O) groups excluding carboxylic acids is 1. The van der Waals surface area contributed by atoms with Crippen LogP contribution in [-0.4, -0.2) is 42.8 Å². The van der Waals surface area contributed by atoms with Crippen molar-refractivity contribution in [1.29, 1.82) is 0 Å². The number of nitrogens with zero attached hydrogens (tertiary/aromatic N) is 3. The van der Waals surface area contributed by atoms with Crippen LogP contribution in [0.3, 0.4) is 0 Å². The predicted octanol–water partition coefficient (Wildman–Crippen LogP) is 7.32. The maximum atomic E-state index is 13.8. The van der Waals surface area contributed by atoms with Crippen LogP contribution < -0.4 is 10.0 Å². The molecule has 0 saturated carbocycles. The fourth-order valence-corrected chi connectivity index (χ4v) is 6.30. The van der Waals surface area contributed by atoms with E-state index in [9.17, 15) is 22.3 Å². The molecule has 0 saturated heterocycles. The molecule has 3 aromatic carbocycles. The van der Waals surface area contributed by atoms with Gasteiger partial charge in [0.05, 0.1) is 0 Å². The summed E-state index contributed by atoms with van der Waals surface area (Å²) in [4.78, 5) is 24.3. The minimum atomic E-state index is -2.36. The third-order valence-electron chi connectivity index (χ3n) is 7.30. The summed E-state index contributed by atoms with van der Waals surface area (Å²) in [7, 11) is 0. The summed E-state index contributed by atoms with van der Waals surface area (Å²) >= 11 is 5.29. The summed E-state index contributed by atoms with van der Waals surface area (Å²) in [6.07, 6.45) is 2.70. The van der Waals surface area contributed by atoms with Crippen LogP contribution in [0.5, 0.6) is 0 Å². The Bertz CT molecular complexity index is 1710. The molecule has 1 atom stereocenters. The largest absolute Gasteiger partial charge is 0.760 e. The SMILES string of the molecule is O=C(Nc1nc(-c2ccc(CNS(=O)[O-])cc2)c(Cl)s1)N(CCc1ccccn1)CCC(c1ccc(F)cc1)c1ccc(F)cc1. The first-order valence-corrected chi connectivity index (χ1v) is 16.6. The molecular weight excluding hydrogens is 652 g/mol. The standard InChI is InChI=1S/C33H30ClF2N5O3S2/c34-31-30(25-6-4-22(5-7-25)21-38-46(43)44)39-32(45-31)40-33(42)41(19-16-28-3-1-2-18-37-28)20-17-29(23-8-12-26(35)13-9-23)24-10-14-27(36)15-11-24/h1-15,18,29,38H,16-17,19-21H2,(H,43,44)(H,39,40,42)/p-1. The van der Waals surface area contributed by atoms with Crippen molar-refractivity contribution in [3.05, 3.63) is 136 Å². The van der Waals surface area contributed by atoms with Gasteiger partial charge in [0.2, 0.25) is 0 Å². The first-order valence-electron chi connectivity index (χ1n) is 14.3. The minimum Gasteiger partial charge on any atom is -0.760 e. The third-order valence-corrected chi connectivity index (χ3v) is 8.85. The van der Waals surface area contributed by atoms with Crippen LogP contribution in [0.2, 0.25) is 4.34 Å².